The molecule has 106 valence electrons. The summed E-state index contributed by atoms with van der Waals surface area (Å²) < 4.78 is 0. The van der Waals surface area contributed by atoms with Gasteiger partial charge in [-0.15, -0.1) is 0 Å². The molecule has 0 spiro atoms. The van der Waals surface area contributed by atoms with Crippen molar-refractivity contribution in [3.05, 3.63) is 0 Å². The van der Waals surface area contributed by atoms with Gasteiger partial charge in [-0.2, -0.15) is 0 Å². The van der Waals surface area contributed by atoms with E-state index in [4.69, 9.17) is 0 Å². The number of piperazine rings is 1. The maximum absolute atomic E-state index is 3.69. The fourth-order valence-corrected chi connectivity index (χ4v) is 3.55. The highest BCUT2D eigenvalue weighted by Gasteiger charge is 2.33. The molecule has 3 nitrogen and oxygen atoms in total. The molecule has 2 fully saturated rings. The summed E-state index contributed by atoms with van der Waals surface area (Å²) in [5, 5.41) is 3.69. The molecule has 1 N–H and O–H groups in total. The molecule has 2 rings (SSSR count). The van der Waals surface area contributed by atoms with Crippen molar-refractivity contribution in [2.24, 2.45) is 0 Å². The lowest BCUT2D eigenvalue weighted by atomic mass is 10.1. The standard InChI is InChI=1S/C15H31N3/c1-4-14(5-2)16-8-10-17-12-15-7-6-9-18(15)11-13(17)3/h13-16H,4-12H2,1-3H3. The van der Waals surface area contributed by atoms with Crippen molar-refractivity contribution in [2.45, 2.75) is 64.6 Å². The molecule has 2 aliphatic heterocycles. The van der Waals surface area contributed by atoms with Crippen LogP contribution in [0.5, 0.6) is 0 Å². The smallest absolute Gasteiger partial charge is 0.0224 e. The number of rotatable bonds is 6. The molecule has 2 atom stereocenters. The van der Waals surface area contributed by atoms with Gasteiger partial charge in [-0.25, -0.2) is 0 Å². The monoisotopic (exact) mass is 253 g/mol. The summed E-state index contributed by atoms with van der Waals surface area (Å²) in [6.07, 6.45) is 5.34. The lowest BCUT2D eigenvalue weighted by molar-refractivity contribution is 0.0598. The van der Waals surface area contributed by atoms with Gasteiger partial charge in [0.1, 0.15) is 0 Å². The van der Waals surface area contributed by atoms with Gasteiger partial charge in [0.25, 0.3) is 0 Å². The molecule has 2 unspecified atom stereocenters. The van der Waals surface area contributed by atoms with Crippen molar-refractivity contribution >= 4 is 0 Å². The summed E-state index contributed by atoms with van der Waals surface area (Å²) in [7, 11) is 0. The van der Waals surface area contributed by atoms with E-state index in [0.29, 0.717) is 6.04 Å². The van der Waals surface area contributed by atoms with Gasteiger partial charge in [0.2, 0.25) is 0 Å². The van der Waals surface area contributed by atoms with E-state index in [9.17, 15) is 0 Å². The second kappa shape index (κ2) is 6.88. The molecule has 0 saturated carbocycles. The van der Waals surface area contributed by atoms with Crippen LogP contribution in [-0.4, -0.2) is 60.6 Å². The van der Waals surface area contributed by atoms with Crippen LogP contribution >= 0.6 is 0 Å². The van der Waals surface area contributed by atoms with Crippen molar-refractivity contribution in [1.29, 1.82) is 0 Å². The zero-order valence-corrected chi connectivity index (χ0v) is 12.5. The zero-order valence-electron chi connectivity index (χ0n) is 12.5. The van der Waals surface area contributed by atoms with Crippen LogP contribution in [0.3, 0.4) is 0 Å². The number of nitrogens with zero attached hydrogens (tertiary/aromatic N) is 2. The van der Waals surface area contributed by atoms with Crippen molar-refractivity contribution in [2.75, 3.05) is 32.7 Å². The summed E-state index contributed by atoms with van der Waals surface area (Å²) in [5.41, 5.74) is 0. The van der Waals surface area contributed by atoms with Gasteiger partial charge in [-0.05, 0) is 39.2 Å². The van der Waals surface area contributed by atoms with Gasteiger partial charge in [0, 0.05) is 44.3 Å². The van der Waals surface area contributed by atoms with Gasteiger partial charge in [0.05, 0.1) is 0 Å². The molecule has 0 aromatic carbocycles. The van der Waals surface area contributed by atoms with Gasteiger partial charge in [-0.1, -0.05) is 13.8 Å². The minimum Gasteiger partial charge on any atom is -0.313 e. The molecule has 0 amide bonds. The first kappa shape index (κ1) is 14.3. The lowest BCUT2D eigenvalue weighted by Gasteiger charge is -2.42. The maximum atomic E-state index is 3.69. The van der Waals surface area contributed by atoms with Crippen LogP contribution in [0, 0.1) is 0 Å². The highest BCUT2D eigenvalue weighted by molar-refractivity contribution is 4.90. The summed E-state index contributed by atoms with van der Waals surface area (Å²) in [4.78, 5) is 5.40. The Morgan fingerprint density at radius 2 is 2.00 bits per heavy atom. The summed E-state index contributed by atoms with van der Waals surface area (Å²) in [6, 6.07) is 2.31. The minimum absolute atomic E-state index is 0.716. The van der Waals surface area contributed by atoms with Crippen molar-refractivity contribution in [1.82, 2.24) is 15.1 Å². The molecule has 0 aromatic heterocycles. The molecule has 0 aliphatic carbocycles. The molecule has 0 radical (unpaired) electrons. The summed E-state index contributed by atoms with van der Waals surface area (Å²) >= 11 is 0. The SMILES string of the molecule is CCC(CC)NCCN1CC2CCCN2CC1C. The Bertz CT molecular complexity index is 240. The Labute approximate surface area is 113 Å². The van der Waals surface area contributed by atoms with Gasteiger partial charge >= 0.3 is 0 Å². The summed E-state index contributed by atoms with van der Waals surface area (Å²) in [6.45, 7) is 13.3. The molecule has 0 bridgehead atoms. The van der Waals surface area contributed by atoms with Crippen LogP contribution in [0.1, 0.15) is 46.5 Å². The fraction of sp³-hybridized carbons (Fsp3) is 1.00. The van der Waals surface area contributed by atoms with Crippen LogP contribution in [0.15, 0.2) is 0 Å². The third kappa shape index (κ3) is 3.46. The first-order valence-electron chi connectivity index (χ1n) is 7.96. The largest absolute Gasteiger partial charge is 0.313 e. The Hall–Kier alpha value is -0.120. The molecule has 2 saturated heterocycles. The number of nitrogens with one attached hydrogen (secondary N) is 1. The number of hydrogen-bond donors (Lipinski definition) is 1. The predicted octanol–water partition coefficient (Wildman–Crippen LogP) is 1.93. The van der Waals surface area contributed by atoms with E-state index < -0.39 is 0 Å². The van der Waals surface area contributed by atoms with E-state index in [2.05, 4.69) is 35.9 Å². The van der Waals surface area contributed by atoms with Crippen LogP contribution < -0.4 is 5.32 Å². The number of hydrogen-bond acceptors (Lipinski definition) is 3. The van der Waals surface area contributed by atoms with E-state index in [1.807, 2.05) is 0 Å². The predicted molar refractivity (Wildman–Crippen MR) is 78.0 cm³/mol. The quantitative estimate of drug-likeness (QED) is 0.780. The molecule has 2 heterocycles. The second-order valence-electron chi connectivity index (χ2n) is 6.10. The Balaban J connectivity index is 1.72. The zero-order chi connectivity index (χ0) is 13.0. The van der Waals surface area contributed by atoms with Crippen molar-refractivity contribution < 1.29 is 0 Å². The van der Waals surface area contributed by atoms with E-state index in [0.717, 1.165) is 18.6 Å². The Morgan fingerprint density at radius 1 is 1.22 bits per heavy atom. The van der Waals surface area contributed by atoms with E-state index >= 15 is 0 Å². The third-order valence-corrected chi connectivity index (χ3v) is 4.88. The average molecular weight is 253 g/mol. The van der Waals surface area contributed by atoms with E-state index in [-0.39, 0.29) is 0 Å². The van der Waals surface area contributed by atoms with Crippen LogP contribution in [0.4, 0.5) is 0 Å². The third-order valence-electron chi connectivity index (χ3n) is 4.88. The molecule has 3 heteroatoms. The second-order valence-corrected chi connectivity index (χ2v) is 6.10. The minimum atomic E-state index is 0.716. The normalized spacial score (nSPS) is 30.0. The topological polar surface area (TPSA) is 18.5 Å². The van der Waals surface area contributed by atoms with Gasteiger partial charge in [-0.3, -0.25) is 9.80 Å². The Kier molecular flexibility index (Phi) is 5.46. The van der Waals surface area contributed by atoms with Crippen LogP contribution in [-0.2, 0) is 0 Å². The molecule has 18 heavy (non-hydrogen) atoms. The molecule has 2 aliphatic rings. The van der Waals surface area contributed by atoms with Crippen molar-refractivity contribution in [3.8, 4) is 0 Å². The number of fused-ring (bicyclic) bond motifs is 1. The summed E-state index contributed by atoms with van der Waals surface area (Å²) in [5.74, 6) is 0. The highest BCUT2D eigenvalue weighted by atomic mass is 15.3. The highest BCUT2D eigenvalue weighted by Crippen LogP contribution is 2.24. The molecule has 0 aromatic rings. The first-order valence-corrected chi connectivity index (χ1v) is 7.96. The molecular weight excluding hydrogens is 222 g/mol. The maximum Gasteiger partial charge on any atom is 0.0224 e. The first-order chi connectivity index (χ1) is 8.74. The van der Waals surface area contributed by atoms with Crippen LogP contribution in [0.25, 0.3) is 0 Å². The van der Waals surface area contributed by atoms with E-state index in [1.165, 1.54) is 51.9 Å². The van der Waals surface area contributed by atoms with Gasteiger partial charge < -0.3 is 5.32 Å². The van der Waals surface area contributed by atoms with Crippen LogP contribution in [0.2, 0.25) is 0 Å². The lowest BCUT2D eigenvalue weighted by Crippen LogP contribution is -2.56. The van der Waals surface area contributed by atoms with Crippen molar-refractivity contribution in [3.63, 3.8) is 0 Å². The van der Waals surface area contributed by atoms with Gasteiger partial charge in [0.15, 0.2) is 0 Å². The average Bonchev–Trinajstić information content (AvgIpc) is 2.81. The fourth-order valence-electron chi connectivity index (χ4n) is 3.55. The Morgan fingerprint density at radius 3 is 2.72 bits per heavy atom. The molecular formula is C15H31N3. The van der Waals surface area contributed by atoms with E-state index in [1.54, 1.807) is 0 Å².